The minimum Gasteiger partial charge on any atom is -0.457 e. The molecule has 0 saturated heterocycles. The first-order valence-corrected chi connectivity index (χ1v) is 12.1. The predicted octanol–water partition coefficient (Wildman–Crippen LogP) is 5.41. The average molecular weight is 446 g/mol. The van der Waals surface area contributed by atoms with Gasteiger partial charge in [0.1, 0.15) is 17.6 Å². The highest BCUT2D eigenvalue weighted by atomic mass is 32.2. The first-order valence-electron chi connectivity index (χ1n) is 10.5. The molecule has 0 aliphatic rings. The van der Waals surface area contributed by atoms with Crippen LogP contribution in [0.3, 0.4) is 0 Å². The van der Waals surface area contributed by atoms with Gasteiger partial charge in [0.15, 0.2) is 15.5 Å². The normalized spacial score (nSPS) is 11.4. The van der Waals surface area contributed by atoms with Gasteiger partial charge in [-0.3, -0.25) is 4.40 Å². The van der Waals surface area contributed by atoms with Gasteiger partial charge in [-0.15, -0.1) is 0 Å². The fourth-order valence-corrected chi connectivity index (χ4v) is 4.55. The molecule has 0 aliphatic heterocycles. The van der Waals surface area contributed by atoms with Crippen molar-refractivity contribution in [3.63, 3.8) is 0 Å². The highest BCUT2D eigenvalue weighted by molar-refractivity contribution is 7.91. The molecule has 6 nitrogen and oxygen atoms in total. The number of pyridine rings is 1. The van der Waals surface area contributed by atoms with E-state index in [9.17, 15) is 13.7 Å². The number of aryl methyl sites for hydroxylation is 1. The molecule has 32 heavy (non-hydrogen) atoms. The van der Waals surface area contributed by atoms with Crippen LogP contribution in [0.5, 0.6) is 11.5 Å². The minimum absolute atomic E-state index is 0.0397. The average Bonchev–Trinajstić information content (AvgIpc) is 3.18. The van der Waals surface area contributed by atoms with Gasteiger partial charge >= 0.3 is 0 Å². The number of benzene rings is 2. The van der Waals surface area contributed by atoms with Gasteiger partial charge in [0, 0.05) is 11.8 Å². The van der Waals surface area contributed by atoms with Gasteiger partial charge in [-0.25, -0.2) is 13.4 Å². The van der Waals surface area contributed by atoms with Crippen LogP contribution in [-0.4, -0.2) is 23.6 Å². The molecule has 0 atom stereocenters. The zero-order valence-electron chi connectivity index (χ0n) is 17.9. The first-order chi connectivity index (χ1) is 15.5. The molecule has 2 aromatic carbocycles. The topological polar surface area (TPSA) is 84.5 Å². The summed E-state index contributed by atoms with van der Waals surface area (Å²) in [6, 6.07) is 19.9. The zero-order chi connectivity index (χ0) is 22.7. The van der Waals surface area contributed by atoms with Crippen molar-refractivity contribution in [3.8, 4) is 28.8 Å². The summed E-state index contributed by atoms with van der Waals surface area (Å²) in [6.45, 7) is 3.72. The Hall–Kier alpha value is -3.63. The van der Waals surface area contributed by atoms with E-state index < -0.39 is 9.84 Å². The third-order valence-corrected chi connectivity index (χ3v) is 6.97. The maximum absolute atomic E-state index is 12.1. The number of sulfone groups is 1. The molecule has 0 amide bonds. The van der Waals surface area contributed by atoms with Crippen molar-refractivity contribution in [2.45, 2.75) is 31.6 Å². The smallest absolute Gasteiger partial charge is 0.178 e. The Morgan fingerprint density at radius 2 is 1.81 bits per heavy atom. The molecular weight excluding hydrogens is 422 g/mol. The van der Waals surface area contributed by atoms with Crippen LogP contribution in [0, 0.1) is 11.3 Å². The van der Waals surface area contributed by atoms with E-state index in [1.807, 2.05) is 40.9 Å². The maximum atomic E-state index is 12.1. The van der Waals surface area contributed by atoms with E-state index in [2.05, 4.69) is 13.0 Å². The second-order valence-electron chi connectivity index (χ2n) is 7.39. The minimum atomic E-state index is -3.30. The van der Waals surface area contributed by atoms with E-state index in [1.165, 1.54) is 0 Å². The highest BCUT2D eigenvalue weighted by Crippen LogP contribution is 2.31. The van der Waals surface area contributed by atoms with Crippen LogP contribution in [0.25, 0.3) is 16.9 Å². The maximum Gasteiger partial charge on any atom is 0.178 e. The second-order valence-corrected chi connectivity index (χ2v) is 9.67. The molecule has 0 N–H and O–H groups in total. The van der Waals surface area contributed by atoms with Crippen LogP contribution in [-0.2, 0) is 16.3 Å². The number of imidazole rings is 1. The third kappa shape index (κ3) is 4.10. The number of ether oxygens (including phenoxy) is 1. The largest absolute Gasteiger partial charge is 0.457 e. The van der Waals surface area contributed by atoms with Gasteiger partial charge in [-0.1, -0.05) is 26.3 Å². The van der Waals surface area contributed by atoms with E-state index in [4.69, 9.17) is 9.72 Å². The summed E-state index contributed by atoms with van der Waals surface area (Å²) in [5.41, 5.74) is 4.06. The van der Waals surface area contributed by atoms with Crippen molar-refractivity contribution in [2.75, 3.05) is 5.75 Å². The van der Waals surface area contributed by atoms with Gasteiger partial charge in [-0.2, -0.15) is 5.26 Å². The molecule has 0 radical (unpaired) electrons. The Kier molecular flexibility index (Phi) is 5.97. The summed E-state index contributed by atoms with van der Waals surface area (Å²) in [5, 5.41) is 9.44. The number of rotatable bonds is 7. The molecule has 0 saturated carbocycles. The molecule has 0 unspecified atom stereocenters. The Morgan fingerprint density at radius 3 is 2.50 bits per heavy atom. The molecule has 0 fully saturated rings. The van der Waals surface area contributed by atoms with Gasteiger partial charge in [0.25, 0.3) is 0 Å². The van der Waals surface area contributed by atoms with Crippen LogP contribution in [0.1, 0.15) is 31.5 Å². The number of nitrogens with zero attached hydrogens (tertiary/aromatic N) is 3. The second kappa shape index (κ2) is 8.85. The number of aromatic nitrogens is 2. The molecule has 162 valence electrons. The van der Waals surface area contributed by atoms with Crippen LogP contribution < -0.4 is 4.74 Å². The summed E-state index contributed by atoms with van der Waals surface area (Å²) in [6.07, 6.45) is 3.66. The van der Waals surface area contributed by atoms with E-state index >= 15 is 0 Å². The fourth-order valence-electron chi connectivity index (χ4n) is 3.63. The van der Waals surface area contributed by atoms with E-state index in [0.717, 1.165) is 29.8 Å². The molecule has 0 aliphatic carbocycles. The fraction of sp³-hybridized carbons (Fsp3) is 0.200. The molecule has 4 rings (SSSR count). The third-order valence-electron chi connectivity index (χ3n) is 5.24. The van der Waals surface area contributed by atoms with E-state index in [0.29, 0.717) is 22.7 Å². The zero-order valence-corrected chi connectivity index (χ0v) is 18.8. The first kappa shape index (κ1) is 21.6. The van der Waals surface area contributed by atoms with Gasteiger partial charge in [0.2, 0.25) is 0 Å². The SMILES string of the molecule is CCCc1nc2c(C#N)cccn2c1-c1ccc(Oc2cccc(S(=O)(=O)CC)c2)cc1. The number of hydrogen-bond donors (Lipinski definition) is 0. The van der Waals surface area contributed by atoms with Crippen molar-refractivity contribution >= 4 is 15.5 Å². The Labute approximate surface area is 187 Å². The van der Waals surface area contributed by atoms with Crippen LogP contribution in [0.15, 0.2) is 71.8 Å². The predicted molar refractivity (Wildman–Crippen MR) is 124 cm³/mol. The summed E-state index contributed by atoms with van der Waals surface area (Å²) in [4.78, 5) is 4.98. The van der Waals surface area contributed by atoms with Crippen molar-refractivity contribution < 1.29 is 13.2 Å². The summed E-state index contributed by atoms with van der Waals surface area (Å²) >= 11 is 0. The van der Waals surface area contributed by atoms with Crippen LogP contribution in [0.2, 0.25) is 0 Å². The van der Waals surface area contributed by atoms with Crippen molar-refractivity contribution in [3.05, 3.63) is 78.1 Å². The lowest BCUT2D eigenvalue weighted by Gasteiger charge is -2.10. The quantitative estimate of drug-likeness (QED) is 0.380. The van der Waals surface area contributed by atoms with Crippen LogP contribution in [0.4, 0.5) is 0 Å². The number of hydrogen-bond acceptors (Lipinski definition) is 5. The lowest BCUT2D eigenvalue weighted by molar-refractivity contribution is 0.481. The number of nitriles is 1. The Bertz CT molecular complexity index is 1420. The van der Waals surface area contributed by atoms with Crippen molar-refractivity contribution in [2.24, 2.45) is 0 Å². The van der Waals surface area contributed by atoms with E-state index in [-0.39, 0.29) is 10.6 Å². The molecule has 2 aromatic heterocycles. The van der Waals surface area contributed by atoms with Crippen molar-refractivity contribution in [1.29, 1.82) is 5.26 Å². The molecule has 4 aromatic rings. The molecular formula is C25H23N3O3S. The standard InChI is InChI=1S/C25H23N3O3S/c1-3-7-23-24(28-15-6-8-19(17-26)25(28)27-23)18-11-13-20(14-12-18)31-21-9-5-10-22(16-21)32(29,30)4-2/h5-6,8-16H,3-4,7H2,1-2H3. The molecule has 0 spiro atoms. The molecule has 2 heterocycles. The Balaban J connectivity index is 1.68. The summed E-state index contributed by atoms with van der Waals surface area (Å²) in [5.74, 6) is 1.11. The molecule has 0 bridgehead atoms. The summed E-state index contributed by atoms with van der Waals surface area (Å²) in [7, 11) is -3.30. The monoisotopic (exact) mass is 445 g/mol. The van der Waals surface area contributed by atoms with Gasteiger partial charge in [0.05, 0.1) is 27.6 Å². The van der Waals surface area contributed by atoms with Crippen molar-refractivity contribution in [1.82, 2.24) is 9.38 Å². The van der Waals surface area contributed by atoms with Gasteiger partial charge in [-0.05, 0) is 61.0 Å². The van der Waals surface area contributed by atoms with Crippen LogP contribution >= 0.6 is 0 Å². The molecule has 7 heteroatoms. The highest BCUT2D eigenvalue weighted by Gasteiger charge is 2.16. The number of fused-ring (bicyclic) bond motifs is 1. The lowest BCUT2D eigenvalue weighted by Crippen LogP contribution is -2.03. The Morgan fingerprint density at radius 1 is 1.03 bits per heavy atom. The van der Waals surface area contributed by atoms with E-state index in [1.54, 1.807) is 37.3 Å². The van der Waals surface area contributed by atoms with Gasteiger partial charge < -0.3 is 4.74 Å². The lowest BCUT2D eigenvalue weighted by atomic mass is 10.1. The summed E-state index contributed by atoms with van der Waals surface area (Å²) < 4.78 is 32.1.